The molecule has 0 aliphatic heterocycles. The Balaban J connectivity index is 1.94. The molecule has 2 aromatic carbocycles. The third-order valence-electron chi connectivity index (χ3n) is 4.55. The van der Waals surface area contributed by atoms with E-state index in [1.807, 2.05) is 64.1 Å². The molecule has 144 valence electrons. The Morgan fingerprint density at radius 1 is 1.11 bits per heavy atom. The number of ether oxygens (including phenoxy) is 1. The van der Waals surface area contributed by atoms with E-state index in [1.54, 1.807) is 12.3 Å². The lowest BCUT2D eigenvalue weighted by molar-refractivity contribution is -0.384. The van der Waals surface area contributed by atoms with Gasteiger partial charge in [-0.1, -0.05) is 6.07 Å². The van der Waals surface area contributed by atoms with E-state index in [-0.39, 0.29) is 5.69 Å². The SMILES string of the molecule is CCOc1ccc(-n2c(C)cc(C=Nc3ccc(C)cc3[N+](=O)[O-])c2C)cc1. The minimum Gasteiger partial charge on any atom is -0.494 e. The predicted octanol–water partition coefficient (Wildman–Crippen LogP) is 5.46. The van der Waals surface area contributed by atoms with Gasteiger partial charge in [0, 0.05) is 34.9 Å². The first-order chi connectivity index (χ1) is 13.4. The van der Waals surface area contributed by atoms with E-state index in [9.17, 15) is 10.1 Å². The summed E-state index contributed by atoms with van der Waals surface area (Å²) in [5, 5.41) is 11.3. The van der Waals surface area contributed by atoms with Gasteiger partial charge in [0.1, 0.15) is 11.4 Å². The molecule has 3 aromatic rings. The summed E-state index contributed by atoms with van der Waals surface area (Å²) in [5.41, 5.74) is 5.21. The van der Waals surface area contributed by atoms with E-state index in [1.165, 1.54) is 6.07 Å². The van der Waals surface area contributed by atoms with Gasteiger partial charge >= 0.3 is 0 Å². The first-order valence-electron chi connectivity index (χ1n) is 9.12. The lowest BCUT2D eigenvalue weighted by Gasteiger charge is -2.11. The fourth-order valence-electron chi connectivity index (χ4n) is 3.20. The normalized spacial score (nSPS) is 11.1. The smallest absolute Gasteiger partial charge is 0.295 e. The number of rotatable bonds is 6. The molecule has 0 fully saturated rings. The van der Waals surface area contributed by atoms with Crippen molar-refractivity contribution in [2.24, 2.45) is 4.99 Å². The molecule has 6 heteroatoms. The van der Waals surface area contributed by atoms with Crippen LogP contribution in [0.1, 0.15) is 29.4 Å². The van der Waals surface area contributed by atoms with Crippen LogP contribution in [-0.4, -0.2) is 22.3 Å². The average Bonchev–Trinajstić information content (AvgIpc) is 2.95. The number of nitrogens with zero attached hydrogens (tertiary/aromatic N) is 3. The maximum Gasteiger partial charge on any atom is 0.295 e. The van der Waals surface area contributed by atoms with Gasteiger partial charge in [-0.05, 0) is 69.7 Å². The zero-order valence-corrected chi connectivity index (χ0v) is 16.5. The largest absolute Gasteiger partial charge is 0.494 e. The van der Waals surface area contributed by atoms with Crippen LogP contribution in [0.25, 0.3) is 5.69 Å². The minimum atomic E-state index is -0.400. The Morgan fingerprint density at radius 3 is 2.46 bits per heavy atom. The van der Waals surface area contributed by atoms with Crippen molar-refractivity contribution in [2.45, 2.75) is 27.7 Å². The Hall–Kier alpha value is -3.41. The lowest BCUT2D eigenvalue weighted by atomic mass is 10.2. The van der Waals surface area contributed by atoms with Crippen molar-refractivity contribution in [1.82, 2.24) is 4.57 Å². The molecule has 0 spiro atoms. The predicted molar refractivity (Wildman–Crippen MR) is 111 cm³/mol. The standard InChI is InChI=1S/C22H23N3O3/c1-5-28-20-9-7-19(8-10-20)24-16(3)13-18(17(24)4)14-23-21-11-6-15(2)12-22(21)25(26)27/h6-14H,5H2,1-4H3. The van der Waals surface area contributed by atoms with Gasteiger partial charge in [0.2, 0.25) is 0 Å². The quantitative estimate of drug-likeness (QED) is 0.325. The molecule has 0 unspecified atom stereocenters. The van der Waals surface area contributed by atoms with Gasteiger partial charge in [0.15, 0.2) is 0 Å². The van der Waals surface area contributed by atoms with Crippen LogP contribution < -0.4 is 4.74 Å². The number of nitro groups is 1. The number of aryl methyl sites for hydroxylation is 2. The number of benzene rings is 2. The topological polar surface area (TPSA) is 69.7 Å². The number of nitro benzene ring substituents is 1. The first kappa shape index (κ1) is 19.4. The Kier molecular flexibility index (Phi) is 5.59. The highest BCUT2D eigenvalue weighted by atomic mass is 16.6. The molecule has 0 saturated carbocycles. The number of hydrogen-bond donors (Lipinski definition) is 0. The van der Waals surface area contributed by atoms with Gasteiger partial charge in [0.05, 0.1) is 11.5 Å². The highest BCUT2D eigenvalue weighted by Gasteiger charge is 2.14. The molecule has 0 radical (unpaired) electrons. The van der Waals surface area contributed by atoms with E-state index >= 15 is 0 Å². The van der Waals surface area contributed by atoms with Crippen LogP contribution in [-0.2, 0) is 0 Å². The summed E-state index contributed by atoms with van der Waals surface area (Å²) in [4.78, 5) is 15.3. The van der Waals surface area contributed by atoms with Gasteiger partial charge in [-0.15, -0.1) is 0 Å². The number of aliphatic imine (C=N–C) groups is 1. The molecule has 0 saturated heterocycles. The van der Waals surface area contributed by atoms with Crippen molar-refractivity contribution in [2.75, 3.05) is 6.61 Å². The summed E-state index contributed by atoms with van der Waals surface area (Å²) < 4.78 is 7.63. The number of aromatic nitrogens is 1. The van der Waals surface area contributed by atoms with Crippen LogP contribution in [0.15, 0.2) is 53.5 Å². The molecule has 0 bridgehead atoms. The van der Waals surface area contributed by atoms with Crippen LogP contribution in [0.3, 0.4) is 0 Å². The zero-order valence-electron chi connectivity index (χ0n) is 16.5. The Morgan fingerprint density at radius 2 is 1.82 bits per heavy atom. The van der Waals surface area contributed by atoms with Crippen molar-refractivity contribution < 1.29 is 9.66 Å². The molecule has 3 rings (SSSR count). The van der Waals surface area contributed by atoms with E-state index in [2.05, 4.69) is 9.56 Å². The summed E-state index contributed by atoms with van der Waals surface area (Å²) in [6.45, 7) is 8.44. The maximum atomic E-state index is 11.3. The van der Waals surface area contributed by atoms with Crippen molar-refractivity contribution in [3.63, 3.8) is 0 Å². The fraction of sp³-hybridized carbons (Fsp3) is 0.227. The summed E-state index contributed by atoms with van der Waals surface area (Å²) in [6.07, 6.45) is 1.69. The van der Waals surface area contributed by atoms with Crippen LogP contribution in [0, 0.1) is 30.9 Å². The fourth-order valence-corrected chi connectivity index (χ4v) is 3.20. The lowest BCUT2D eigenvalue weighted by Crippen LogP contribution is -2.00. The van der Waals surface area contributed by atoms with E-state index in [4.69, 9.17) is 4.74 Å². The molecule has 1 heterocycles. The molecule has 6 nitrogen and oxygen atoms in total. The van der Waals surface area contributed by atoms with Crippen molar-refractivity contribution >= 4 is 17.6 Å². The molecular formula is C22H23N3O3. The summed E-state index contributed by atoms with van der Waals surface area (Å²) in [5.74, 6) is 0.835. The van der Waals surface area contributed by atoms with Crippen LogP contribution in [0.5, 0.6) is 5.75 Å². The van der Waals surface area contributed by atoms with Gasteiger partial charge in [0.25, 0.3) is 5.69 Å². The molecule has 1 aromatic heterocycles. The highest BCUT2D eigenvalue weighted by Crippen LogP contribution is 2.29. The maximum absolute atomic E-state index is 11.3. The second-order valence-corrected chi connectivity index (χ2v) is 6.60. The molecule has 28 heavy (non-hydrogen) atoms. The van der Waals surface area contributed by atoms with Crippen molar-refractivity contribution in [1.29, 1.82) is 0 Å². The highest BCUT2D eigenvalue weighted by molar-refractivity contribution is 5.85. The van der Waals surface area contributed by atoms with Gasteiger partial charge < -0.3 is 9.30 Å². The number of hydrogen-bond acceptors (Lipinski definition) is 4. The van der Waals surface area contributed by atoms with Gasteiger partial charge in [-0.25, -0.2) is 4.99 Å². The second kappa shape index (κ2) is 8.08. The van der Waals surface area contributed by atoms with Crippen LogP contribution in [0.2, 0.25) is 0 Å². The van der Waals surface area contributed by atoms with Crippen molar-refractivity contribution in [3.05, 3.63) is 81.2 Å². The molecule has 0 aliphatic carbocycles. The molecular weight excluding hydrogens is 354 g/mol. The summed E-state index contributed by atoms with van der Waals surface area (Å²) in [6, 6.07) is 15.0. The molecule has 0 N–H and O–H groups in total. The monoisotopic (exact) mass is 377 g/mol. The zero-order chi connectivity index (χ0) is 20.3. The van der Waals surface area contributed by atoms with E-state index in [0.717, 1.165) is 34.0 Å². The summed E-state index contributed by atoms with van der Waals surface area (Å²) >= 11 is 0. The van der Waals surface area contributed by atoms with Gasteiger partial charge in [-0.3, -0.25) is 10.1 Å². The van der Waals surface area contributed by atoms with Crippen molar-refractivity contribution in [3.8, 4) is 11.4 Å². The second-order valence-electron chi connectivity index (χ2n) is 6.60. The molecule has 0 aliphatic rings. The van der Waals surface area contributed by atoms with Gasteiger partial charge in [-0.2, -0.15) is 0 Å². The van der Waals surface area contributed by atoms with Crippen LogP contribution in [0.4, 0.5) is 11.4 Å². The Bertz CT molecular complexity index is 1030. The molecule has 0 atom stereocenters. The van der Waals surface area contributed by atoms with E-state index in [0.29, 0.717) is 12.3 Å². The molecule has 0 amide bonds. The third kappa shape index (κ3) is 3.96. The first-order valence-corrected chi connectivity index (χ1v) is 9.12. The van der Waals surface area contributed by atoms with Crippen LogP contribution >= 0.6 is 0 Å². The van der Waals surface area contributed by atoms with E-state index < -0.39 is 4.92 Å². The summed E-state index contributed by atoms with van der Waals surface area (Å²) in [7, 11) is 0. The third-order valence-corrected chi connectivity index (χ3v) is 4.55. The minimum absolute atomic E-state index is 0.0107. The average molecular weight is 377 g/mol. The Labute approximate surface area is 164 Å².